The van der Waals surface area contributed by atoms with Crippen molar-refractivity contribution in [3.63, 3.8) is 0 Å². The highest BCUT2D eigenvalue weighted by molar-refractivity contribution is 6.01. The molecular formula is C20H18N6O. The Bertz CT molecular complexity index is 1050. The van der Waals surface area contributed by atoms with Gasteiger partial charge in [0.25, 0.3) is 5.91 Å². The number of fused-ring (bicyclic) bond motifs is 1. The molecule has 7 heteroatoms. The number of nitrogens with zero attached hydrogens (tertiary/aromatic N) is 6. The second-order valence-corrected chi connectivity index (χ2v) is 6.53. The molecule has 1 aromatic heterocycles. The molecule has 0 saturated heterocycles. The quantitative estimate of drug-likeness (QED) is 0.718. The van der Waals surface area contributed by atoms with Crippen LogP contribution in [0, 0.1) is 11.3 Å². The number of hydrogen-bond acceptors (Lipinski definition) is 5. The Labute approximate surface area is 157 Å². The normalized spacial score (nSPS) is 16.2. The maximum Gasteiger partial charge on any atom is 0.257 e. The molecule has 134 valence electrons. The number of carbonyl (C=O) groups is 1. The Morgan fingerprint density at radius 1 is 1.07 bits per heavy atom. The molecular weight excluding hydrogens is 340 g/mol. The fraction of sp³-hybridized carbons (Fsp3) is 0.200. The second-order valence-electron chi connectivity index (χ2n) is 6.53. The summed E-state index contributed by atoms with van der Waals surface area (Å²) in [7, 11) is 3.71. The van der Waals surface area contributed by atoms with Crippen LogP contribution in [0.2, 0.25) is 0 Å². The number of benzene rings is 2. The Hall–Kier alpha value is -3.66. The molecule has 0 aliphatic carbocycles. The minimum Gasteiger partial charge on any atom is -0.348 e. The Morgan fingerprint density at radius 2 is 1.81 bits per heavy atom. The van der Waals surface area contributed by atoms with Gasteiger partial charge in [0.1, 0.15) is 5.69 Å². The van der Waals surface area contributed by atoms with Crippen molar-refractivity contribution < 1.29 is 4.79 Å². The summed E-state index contributed by atoms with van der Waals surface area (Å²) >= 11 is 0. The molecule has 7 nitrogen and oxygen atoms in total. The maximum absolute atomic E-state index is 12.7. The van der Waals surface area contributed by atoms with Crippen LogP contribution in [-0.4, -0.2) is 39.9 Å². The fourth-order valence-electron chi connectivity index (χ4n) is 3.50. The van der Waals surface area contributed by atoms with Gasteiger partial charge >= 0.3 is 0 Å². The van der Waals surface area contributed by atoms with Crippen molar-refractivity contribution >= 4 is 11.6 Å². The van der Waals surface area contributed by atoms with Crippen molar-refractivity contribution in [1.82, 2.24) is 19.9 Å². The zero-order valence-electron chi connectivity index (χ0n) is 15.1. The molecule has 0 fully saturated rings. The summed E-state index contributed by atoms with van der Waals surface area (Å²) < 4.78 is 1.69. The van der Waals surface area contributed by atoms with Gasteiger partial charge in [0.15, 0.2) is 6.17 Å². The van der Waals surface area contributed by atoms with E-state index >= 15 is 0 Å². The third kappa shape index (κ3) is 2.81. The standard InChI is InChI=1S/C20H18N6O/c1-24-18-10-6-5-9-16(18)20(27)25(2)19(24)17-13-26(23-22-17)12-15-8-4-3-7-14(15)11-21/h3-10,13,19H,12H2,1-2H3. The molecule has 0 bridgehead atoms. The van der Waals surface area contributed by atoms with Crippen LogP contribution < -0.4 is 4.90 Å². The second kappa shape index (κ2) is 6.57. The Kier molecular flexibility index (Phi) is 4.09. The van der Waals surface area contributed by atoms with Gasteiger partial charge in [0.05, 0.1) is 35.6 Å². The number of aromatic nitrogens is 3. The summed E-state index contributed by atoms with van der Waals surface area (Å²) in [4.78, 5) is 16.4. The predicted octanol–water partition coefficient (Wildman–Crippen LogP) is 2.42. The fourth-order valence-corrected chi connectivity index (χ4v) is 3.50. The first-order valence-electron chi connectivity index (χ1n) is 8.57. The summed E-state index contributed by atoms with van der Waals surface area (Å²) in [6.45, 7) is 0.446. The predicted molar refractivity (Wildman–Crippen MR) is 100.0 cm³/mol. The summed E-state index contributed by atoms with van der Waals surface area (Å²) in [5.74, 6) is -0.0434. The highest BCUT2D eigenvalue weighted by atomic mass is 16.2. The molecule has 0 spiro atoms. The number of anilines is 1. The van der Waals surface area contributed by atoms with Gasteiger partial charge in [-0.1, -0.05) is 35.5 Å². The van der Waals surface area contributed by atoms with Gasteiger partial charge in [-0.3, -0.25) is 4.79 Å². The van der Waals surface area contributed by atoms with Crippen LogP contribution in [0.3, 0.4) is 0 Å². The van der Waals surface area contributed by atoms with Crippen molar-refractivity contribution in [1.29, 1.82) is 5.26 Å². The van der Waals surface area contributed by atoms with Crippen molar-refractivity contribution in [3.8, 4) is 6.07 Å². The molecule has 1 amide bonds. The van der Waals surface area contributed by atoms with Crippen LogP contribution in [0.15, 0.2) is 54.7 Å². The molecule has 1 unspecified atom stereocenters. The number of para-hydroxylation sites is 1. The Morgan fingerprint density at radius 3 is 2.63 bits per heavy atom. The molecule has 3 aromatic rings. The van der Waals surface area contributed by atoms with Gasteiger partial charge < -0.3 is 9.80 Å². The van der Waals surface area contributed by atoms with Crippen molar-refractivity contribution in [2.24, 2.45) is 0 Å². The smallest absolute Gasteiger partial charge is 0.257 e. The van der Waals surface area contributed by atoms with Crippen LogP contribution in [0.1, 0.15) is 33.3 Å². The molecule has 0 N–H and O–H groups in total. The van der Waals surface area contributed by atoms with Crippen LogP contribution in [-0.2, 0) is 6.54 Å². The molecule has 27 heavy (non-hydrogen) atoms. The van der Waals surface area contributed by atoms with Crippen molar-refractivity contribution in [2.45, 2.75) is 12.7 Å². The van der Waals surface area contributed by atoms with E-state index in [0.29, 0.717) is 23.4 Å². The van der Waals surface area contributed by atoms with Gasteiger partial charge in [0, 0.05) is 14.1 Å². The number of hydrogen-bond donors (Lipinski definition) is 0. The summed E-state index contributed by atoms with van der Waals surface area (Å²) in [6, 6.07) is 17.2. The third-order valence-corrected chi connectivity index (χ3v) is 4.86. The van der Waals surface area contributed by atoms with Gasteiger partial charge in [-0.15, -0.1) is 5.10 Å². The lowest BCUT2D eigenvalue weighted by Gasteiger charge is -2.40. The summed E-state index contributed by atoms with van der Waals surface area (Å²) in [5.41, 5.74) is 3.72. The van der Waals surface area contributed by atoms with E-state index in [2.05, 4.69) is 16.4 Å². The van der Waals surface area contributed by atoms with E-state index in [1.54, 1.807) is 22.7 Å². The Balaban J connectivity index is 1.65. The van der Waals surface area contributed by atoms with Crippen molar-refractivity contribution in [2.75, 3.05) is 19.0 Å². The number of rotatable bonds is 3. The van der Waals surface area contributed by atoms with E-state index < -0.39 is 0 Å². The lowest BCUT2D eigenvalue weighted by molar-refractivity contribution is 0.0707. The highest BCUT2D eigenvalue weighted by Crippen LogP contribution is 2.35. The van der Waals surface area contributed by atoms with Gasteiger partial charge in [-0.05, 0) is 23.8 Å². The average molecular weight is 358 g/mol. The largest absolute Gasteiger partial charge is 0.348 e. The zero-order chi connectivity index (χ0) is 19.0. The number of nitriles is 1. The average Bonchev–Trinajstić information content (AvgIpc) is 3.15. The van der Waals surface area contributed by atoms with E-state index in [0.717, 1.165) is 11.3 Å². The number of amides is 1. The molecule has 4 rings (SSSR count). The lowest BCUT2D eigenvalue weighted by Crippen LogP contribution is -2.45. The SMILES string of the molecule is CN1C(=O)c2ccccc2N(C)C1c1cn(Cc2ccccc2C#N)nn1. The molecule has 1 atom stereocenters. The molecule has 2 heterocycles. The molecule has 0 radical (unpaired) electrons. The number of carbonyl (C=O) groups excluding carboxylic acids is 1. The summed E-state index contributed by atoms with van der Waals surface area (Å²) in [6.07, 6.45) is 1.49. The van der Waals surface area contributed by atoms with Crippen LogP contribution in [0.4, 0.5) is 5.69 Å². The molecule has 0 saturated carbocycles. The minimum absolute atomic E-state index is 0.0434. The highest BCUT2D eigenvalue weighted by Gasteiger charge is 2.35. The first-order chi connectivity index (χ1) is 13.1. The molecule has 1 aliphatic rings. The van der Waals surface area contributed by atoms with E-state index in [-0.39, 0.29) is 12.1 Å². The van der Waals surface area contributed by atoms with Gasteiger partial charge in [0.2, 0.25) is 0 Å². The van der Waals surface area contributed by atoms with E-state index in [1.165, 1.54) is 0 Å². The van der Waals surface area contributed by atoms with E-state index in [1.807, 2.05) is 60.6 Å². The van der Waals surface area contributed by atoms with E-state index in [4.69, 9.17) is 0 Å². The monoisotopic (exact) mass is 358 g/mol. The minimum atomic E-state index is -0.340. The third-order valence-electron chi connectivity index (χ3n) is 4.86. The van der Waals surface area contributed by atoms with Crippen LogP contribution >= 0.6 is 0 Å². The lowest BCUT2D eigenvalue weighted by atomic mass is 10.1. The first-order valence-corrected chi connectivity index (χ1v) is 8.57. The van der Waals surface area contributed by atoms with Crippen molar-refractivity contribution in [3.05, 3.63) is 77.1 Å². The first kappa shape index (κ1) is 16.8. The topological polar surface area (TPSA) is 78.0 Å². The van der Waals surface area contributed by atoms with Crippen LogP contribution in [0.5, 0.6) is 0 Å². The zero-order valence-corrected chi connectivity index (χ0v) is 15.1. The van der Waals surface area contributed by atoms with Gasteiger partial charge in [-0.2, -0.15) is 5.26 Å². The molecule has 2 aromatic carbocycles. The van der Waals surface area contributed by atoms with Crippen LogP contribution in [0.25, 0.3) is 0 Å². The van der Waals surface area contributed by atoms with E-state index in [9.17, 15) is 10.1 Å². The maximum atomic E-state index is 12.7. The summed E-state index contributed by atoms with van der Waals surface area (Å²) in [5, 5.41) is 17.7. The van der Waals surface area contributed by atoms with Gasteiger partial charge in [-0.25, -0.2) is 4.68 Å². The molecule has 1 aliphatic heterocycles.